The SMILES string of the molecule is Cc1cc(NC(=O)[C@H](N)C(C)(C)C)c2ccccc2n1. The summed E-state index contributed by atoms with van der Waals surface area (Å²) < 4.78 is 0. The quantitative estimate of drug-likeness (QED) is 0.882. The van der Waals surface area contributed by atoms with Crippen LogP contribution in [0.2, 0.25) is 0 Å². The molecule has 0 fully saturated rings. The number of carbonyl (C=O) groups is 1. The van der Waals surface area contributed by atoms with Gasteiger partial charge in [0.2, 0.25) is 5.91 Å². The third-order valence-corrected chi connectivity index (χ3v) is 3.32. The van der Waals surface area contributed by atoms with Crippen LogP contribution < -0.4 is 11.1 Å². The second-order valence-electron chi connectivity index (χ2n) is 6.16. The molecule has 20 heavy (non-hydrogen) atoms. The topological polar surface area (TPSA) is 68.0 Å². The fourth-order valence-corrected chi connectivity index (χ4v) is 2.01. The van der Waals surface area contributed by atoms with Crippen molar-refractivity contribution in [1.82, 2.24) is 4.98 Å². The molecule has 4 nitrogen and oxygen atoms in total. The van der Waals surface area contributed by atoms with Crippen LogP contribution in [-0.4, -0.2) is 16.9 Å². The van der Waals surface area contributed by atoms with E-state index in [9.17, 15) is 4.79 Å². The molecule has 0 saturated heterocycles. The monoisotopic (exact) mass is 271 g/mol. The van der Waals surface area contributed by atoms with Crippen LogP contribution in [0.4, 0.5) is 5.69 Å². The molecule has 1 aromatic carbocycles. The molecule has 106 valence electrons. The van der Waals surface area contributed by atoms with Gasteiger partial charge in [0.05, 0.1) is 17.2 Å². The number of benzene rings is 1. The Balaban J connectivity index is 2.37. The molecule has 0 aliphatic rings. The summed E-state index contributed by atoms with van der Waals surface area (Å²) in [5, 5.41) is 3.85. The van der Waals surface area contributed by atoms with E-state index < -0.39 is 6.04 Å². The lowest BCUT2D eigenvalue weighted by atomic mass is 9.87. The van der Waals surface area contributed by atoms with Gasteiger partial charge in [-0.05, 0) is 24.5 Å². The van der Waals surface area contributed by atoms with Gasteiger partial charge in [-0.1, -0.05) is 39.0 Å². The van der Waals surface area contributed by atoms with Crippen LogP contribution in [0, 0.1) is 12.3 Å². The van der Waals surface area contributed by atoms with Crippen LogP contribution in [0.5, 0.6) is 0 Å². The van der Waals surface area contributed by atoms with Gasteiger partial charge in [0.25, 0.3) is 0 Å². The summed E-state index contributed by atoms with van der Waals surface area (Å²) in [6, 6.07) is 9.05. The van der Waals surface area contributed by atoms with Gasteiger partial charge in [0.1, 0.15) is 0 Å². The van der Waals surface area contributed by atoms with E-state index in [1.807, 2.05) is 58.0 Å². The molecule has 1 amide bonds. The van der Waals surface area contributed by atoms with Crippen molar-refractivity contribution in [3.63, 3.8) is 0 Å². The average molecular weight is 271 g/mol. The summed E-state index contributed by atoms with van der Waals surface area (Å²) in [5.41, 5.74) is 8.21. The molecule has 0 radical (unpaired) electrons. The maximum absolute atomic E-state index is 12.3. The number of nitrogens with one attached hydrogen (secondary N) is 1. The molecule has 0 spiro atoms. The number of amides is 1. The van der Waals surface area contributed by atoms with Crippen molar-refractivity contribution in [2.24, 2.45) is 11.1 Å². The number of aromatic nitrogens is 1. The molecule has 3 N–H and O–H groups in total. The first-order chi connectivity index (χ1) is 9.29. The number of nitrogens with two attached hydrogens (primary N) is 1. The lowest BCUT2D eigenvalue weighted by Gasteiger charge is -2.26. The normalized spacial score (nSPS) is 13.2. The molecule has 1 heterocycles. The fourth-order valence-electron chi connectivity index (χ4n) is 2.01. The van der Waals surface area contributed by atoms with E-state index in [4.69, 9.17) is 5.73 Å². The number of carbonyl (C=O) groups excluding carboxylic acids is 1. The van der Waals surface area contributed by atoms with Gasteiger partial charge >= 0.3 is 0 Å². The largest absolute Gasteiger partial charge is 0.324 e. The molecule has 0 saturated carbocycles. The van der Waals surface area contributed by atoms with E-state index in [1.54, 1.807) is 0 Å². The van der Waals surface area contributed by atoms with Crippen LogP contribution in [0.3, 0.4) is 0 Å². The number of rotatable bonds is 2. The second-order valence-corrected chi connectivity index (χ2v) is 6.16. The summed E-state index contributed by atoms with van der Waals surface area (Å²) in [6.07, 6.45) is 0. The third-order valence-electron chi connectivity index (χ3n) is 3.32. The molecule has 0 unspecified atom stereocenters. The van der Waals surface area contributed by atoms with Gasteiger partial charge in [-0.25, -0.2) is 0 Å². The lowest BCUT2D eigenvalue weighted by molar-refractivity contribution is -0.119. The van der Waals surface area contributed by atoms with Crippen LogP contribution in [0.1, 0.15) is 26.5 Å². The van der Waals surface area contributed by atoms with Gasteiger partial charge in [-0.3, -0.25) is 9.78 Å². The zero-order valence-electron chi connectivity index (χ0n) is 12.4. The molecular weight excluding hydrogens is 250 g/mol. The first kappa shape index (κ1) is 14.5. The van der Waals surface area contributed by atoms with Crippen molar-refractivity contribution in [2.75, 3.05) is 5.32 Å². The van der Waals surface area contributed by atoms with Gasteiger partial charge in [-0.15, -0.1) is 0 Å². The highest BCUT2D eigenvalue weighted by Gasteiger charge is 2.27. The molecule has 2 rings (SSSR count). The summed E-state index contributed by atoms with van der Waals surface area (Å²) in [7, 11) is 0. The minimum atomic E-state index is -0.560. The minimum Gasteiger partial charge on any atom is -0.324 e. The van der Waals surface area contributed by atoms with Gasteiger partial charge in [0.15, 0.2) is 0 Å². The number of para-hydroxylation sites is 1. The average Bonchev–Trinajstić information content (AvgIpc) is 2.36. The Labute approximate surface area is 119 Å². The van der Waals surface area contributed by atoms with Crippen molar-refractivity contribution < 1.29 is 4.79 Å². The zero-order chi connectivity index (χ0) is 14.9. The minimum absolute atomic E-state index is 0.173. The number of pyridine rings is 1. The van der Waals surface area contributed by atoms with E-state index in [1.165, 1.54) is 0 Å². The lowest BCUT2D eigenvalue weighted by Crippen LogP contribution is -2.45. The maximum atomic E-state index is 12.3. The predicted molar refractivity (Wildman–Crippen MR) is 82.5 cm³/mol. The first-order valence-electron chi connectivity index (χ1n) is 6.72. The number of anilines is 1. The second kappa shape index (κ2) is 5.21. The van der Waals surface area contributed by atoms with E-state index >= 15 is 0 Å². The Morgan fingerprint density at radius 2 is 1.95 bits per heavy atom. The van der Waals surface area contributed by atoms with Crippen LogP contribution in [-0.2, 0) is 4.79 Å². The summed E-state index contributed by atoms with van der Waals surface area (Å²) in [4.78, 5) is 16.7. The zero-order valence-corrected chi connectivity index (χ0v) is 12.4. The van der Waals surface area contributed by atoms with Crippen molar-refractivity contribution >= 4 is 22.5 Å². The number of hydrogen-bond donors (Lipinski definition) is 2. The van der Waals surface area contributed by atoms with Crippen molar-refractivity contribution in [1.29, 1.82) is 0 Å². The highest BCUT2D eigenvalue weighted by Crippen LogP contribution is 2.24. The summed E-state index contributed by atoms with van der Waals surface area (Å²) >= 11 is 0. The summed E-state index contributed by atoms with van der Waals surface area (Å²) in [5.74, 6) is -0.173. The molecule has 0 bridgehead atoms. The maximum Gasteiger partial charge on any atom is 0.241 e. The smallest absolute Gasteiger partial charge is 0.241 e. The van der Waals surface area contributed by atoms with E-state index in [-0.39, 0.29) is 11.3 Å². The van der Waals surface area contributed by atoms with E-state index in [0.717, 1.165) is 22.3 Å². The Kier molecular flexibility index (Phi) is 3.77. The standard InChI is InChI=1S/C16H21N3O/c1-10-9-13(11-7-5-6-8-12(11)18-10)19-15(20)14(17)16(2,3)4/h5-9,14H,17H2,1-4H3,(H,18,19,20)/t14-/m0/s1. The molecule has 2 aromatic rings. The van der Waals surface area contributed by atoms with E-state index in [0.29, 0.717) is 0 Å². The van der Waals surface area contributed by atoms with Gasteiger partial charge in [0, 0.05) is 11.1 Å². The number of nitrogens with zero attached hydrogens (tertiary/aromatic N) is 1. The molecule has 1 atom stereocenters. The first-order valence-corrected chi connectivity index (χ1v) is 6.72. The molecule has 4 heteroatoms. The number of hydrogen-bond acceptors (Lipinski definition) is 3. The van der Waals surface area contributed by atoms with Crippen LogP contribution >= 0.6 is 0 Å². The Morgan fingerprint density at radius 1 is 1.30 bits per heavy atom. The number of aryl methyl sites for hydroxylation is 1. The van der Waals surface area contributed by atoms with Crippen molar-refractivity contribution in [3.8, 4) is 0 Å². The molecule has 0 aliphatic carbocycles. The van der Waals surface area contributed by atoms with Crippen LogP contribution in [0.15, 0.2) is 30.3 Å². The Morgan fingerprint density at radius 3 is 2.60 bits per heavy atom. The highest BCUT2D eigenvalue weighted by molar-refractivity contribution is 6.03. The third kappa shape index (κ3) is 2.96. The number of fused-ring (bicyclic) bond motifs is 1. The summed E-state index contributed by atoms with van der Waals surface area (Å²) in [6.45, 7) is 7.76. The Bertz CT molecular complexity index is 644. The van der Waals surface area contributed by atoms with Gasteiger partial charge in [-0.2, -0.15) is 0 Å². The van der Waals surface area contributed by atoms with Crippen molar-refractivity contribution in [3.05, 3.63) is 36.0 Å². The molecule has 1 aromatic heterocycles. The van der Waals surface area contributed by atoms with Crippen LogP contribution in [0.25, 0.3) is 10.9 Å². The predicted octanol–water partition coefficient (Wildman–Crippen LogP) is 2.86. The molecular formula is C16H21N3O. The van der Waals surface area contributed by atoms with Gasteiger partial charge < -0.3 is 11.1 Å². The van der Waals surface area contributed by atoms with Crippen molar-refractivity contribution in [2.45, 2.75) is 33.7 Å². The van der Waals surface area contributed by atoms with E-state index in [2.05, 4.69) is 10.3 Å². The fraction of sp³-hybridized carbons (Fsp3) is 0.375. The molecule has 0 aliphatic heterocycles. The highest BCUT2D eigenvalue weighted by atomic mass is 16.2. The Hall–Kier alpha value is -1.94.